The monoisotopic (exact) mass is 202 g/mol. The number of carbonyl (C=O) groups is 2. The lowest BCUT2D eigenvalue weighted by atomic mass is 10.6. The summed E-state index contributed by atoms with van der Waals surface area (Å²) < 4.78 is 9.37. The first-order chi connectivity index (χ1) is 6.56. The van der Waals surface area contributed by atoms with E-state index in [1.54, 1.807) is 0 Å². The Morgan fingerprint density at radius 1 is 1.50 bits per heavy atom. The minimum atomic E-state index is -0.637. The van der Waals surface area contributed by atoms with Crippen LogP contribution in [-0.4, -0.2) is 31.6 Å². The first-order valence-electron chi connectivity index (χ1n) is 4.03. The molecular formula is C8H14N2O4. The Hall–Kier alpha value is -1.56. The second kappa shape index (κ2) is 6.90. The third-order valence-electron chi connectivity index (χ3n) is 1.09. The van der Waals surface area contributed by atoms with E-state index in [2.05, 4.69) is 16.6 Å². The fourth-order valence-electron chi connectivity index (χ4n) is 0.562. The topological polar surface area (TPSA) is 90.7 Å². The maximum atomic E-state index is 10.9. The molecule has 0 heterocycles. The van der Waals surface area contributed by atoms with Crippen LogP contribution in [0.25, 0.3) is 0 Å². The second-order valence-corrected chi connectivity index (χ2v) is 2.39. The number of nitrogens with one attached hydrogen (secondary N) is 1. The van der Waals surface area contributed by atoms with Crippen LogP contribution >= 0.6 is 0 Å². The molecule has 6 heteroatoms. The number of rotatable bonds is 6. The molecule has 0 saturated carbocycles. The van der Waals surface area contributed by atoms with E-state index in [9.17, 15) is 9.59 Å². The Kier molecular flexibility index (Phi) is 6.13. The fraction of sp³-hybridized carbons (Fsp3) is 0.500. The number of carbonyl (C=O) groups excluding carboxylic acids is 2. The highest BCUT2D eigenvalue weighted by molar-refractivity contribution is 5.80. The Morgan fingerprint density at radius 3 is 2.64 bits per heavy atom. The third-order valence-corrected chi connectivity index (χ3v) is 1.09. The first kappa shape index (κ1) is 12.4. The summed E-state index contributed by atoms with van der Waals surface area (Å²) in [6.07, 6.45) is 0. The van der Waals surface area contributed by atoms with E-state index in [4.69, 9.17) is 10.5 Å². The van der Waals surface area contributed by atoms with Crippen molar-refractivity contribution in [3.8, 4) is 0 Å². The van der Waals surface area contributed by atoms with Gasteiger partial charge in [0.15, 0.2) is 0 Å². The number of hydrogen-bond acceptors (Lipinski definition) is 5. The maximum absolute atomic E-state index is 10.9. The molecular weight excluding hydrogens is 188 g/mol. The summed E-state index contributed by atoms with van der Waals surface area (Å²) in [7, 11) is 0. The quantitative estimate of drug-likeness (QED) is 0.431. The summed E-state index contributed by atoms with van der Waals surface area (Å²) in [5.74, 6) is -1.07. The van der Waals surface area contributed by atoms with Gasteiger partial charge in [0.25, 0.3) is 5.95 Å². The van der Waals surface area contributed by atoms with Crippen molar-refractivity contribution in [2.75, 3.05) is 19.7 Å². The van der Waals surface area contributed by atoms with Crippen LogP contribution in [0, 0.1) is 0 Å². The molecule has 0 fully saturated rings. The predicted molar refractivity (Wildman–Crippen MR) is 48.9 cm³/mol. The highest BCUT2D eigenvalue weighted by Crippen LogP contribution is 1.95. The number of nitrogens with two attached hydrogens (primary N) is 1. The van der Waals surface area contributed by atoms with Gasteiger partial charge in [0.1, 0.15) is 13.2 Å². The van der Waals surface area contributed by atoms with Crippen LogP contribution < -0.4 is 11.1 Å². The lowest BCUT2D eigenvalue weighted by molar-refractivity contribution is -0.145. The van der Waals surface area contributed by atoms with Gasteiger partial charge in [-0.25, -0.2) is 4.79 Å². The zero-order chi connectivity index (χ0) is 11.0. The van der Waals surface area contributed by atoms with Gasteiger partial charge in [-0.1, -0.05) is 0 Å². The predicted octanol–water partition coefficient (Wildman–Crippen LogP) is -0.888. The van der Waals surface area contributed by atoms with Gasteiger partial charge in [-0.15, -0.1) is 0 Å². The zero-order valence-electron chi connectivity index (χ0n) is 8.04. The summed E-state index contributed by atoms with van der Waals surface area (Å²) in [5.41, 5.74) is 5.14. The molecule has 14 heavy (non-hydrogen) atoms. The van der Waals surface area contributed by atoms with E-state index in [0.29, 0.717) is 6.54 Å². The van der Waals surface area contributed by atoms with Gasteiger partial charge in [-0.3, -0.25) is 4.79 Å². The van der Waals surface area contributed by atoms with Crippen molar-refractivity contribution < 1.29 is 19.1 Å². The molecule has 80 valence electrons. The van der Waals surface area contributed by atoms with Gasteiger partial charge in [0.2, 0.25) is 5.91 Å². The van der Waals surface area contributed by atoms with Crippen LogP contribution in [0.3, 0.4) is 0 Å². The molecule has 0 aliphatic carbocycles. The molecule has 3 N–H and O–H groups in total. The van der Waals surface area contributed by atoms with Gasteiger partial charge >= 0.3 is 5.97 Å². The van der Waals surface area contributed by atoms with E-state index >= 15 is 0 Å². The molecule has 0 aliphatic rings. The molecule has 0 aromatic heterocycles. The van der Waals surface area contributed by atoms with E-state index in [1.165, 1.54) is 6.92 Å². The van der Waals surface area contributed by atoms with Crippen molar-refractivity contribution >= 4 is 11.9 Å². The van der Waals surface area contributed by atoms with Gasteiger partial charge in [0.05, 0.1) is 0 Å². The van der Waals surface area contributed by atoms with Crippen LogP contribution in [0.1, 0.15) is 6.92 Å². The molecule has 0 aliphatic heterocycles. The Morgan fingerprint density at radius 2 is 2.14 bits per heavy atom. The number of esters is 1. The minimum Gasteiger partial charge on any atom is -0.464 e. The van der Waals surface area contributed by atoms with E-state index in [1.807, 2.05) is 0 Å². The first-order valence-corrected chi connectivity index (χ1v) is 4.03. The maximum Gasteiger partial charge on any atom is 0.333 e. The Balaban J connectivity index is 3.60. The van der Waals surface area contributed by atoms with Crippen molar-refractivity contribution in [2.45, 2.75) is 6.92 Å². The molecule has 0 aromatic carbocycles. The highest BCUT2D eigenvalue weighted by atomic mass is 16.7. The van der Waals surface area contributed by atoms with Crippen LogP contribution in [-0.2, 0) is 19.1 Å². The molecule has 0 radical (unpaired) electrons. The average Bonchev–Trinajstić information content (AvgIpc) is 2.11. The lowest BCUT2D eigenvalue weighted by Gasteiger charge is -2.07. The average molecular weight is 202 g/mol. The molecule has 0 unspecified atom stereocenters. The summed E-state index contributed by atoms with van der Waals surface area (Å²) in [4.78, 5) is 21.3. The van der Waals surface area contributed by atoms with E-state index in [0.717, 1.165) is 0 Å². The fourth-order valence-corrected chi connectivity index (χ4v) is 0.562. The summed E-state index contributed by atoms with van der Waals surface area (Å²) >= 11 is 0. The van der Waals surface area contributed by atoms with Crippen molar-refractivity contribution in [3.63, 3.8) is 0 Å². The van der Waals surface area contributed by atoms with Gasteiger partial charge in [-0.2, -0.15) is 0 Å². The molecule has 6 nitrogen and oxygen atoms in total. The summed E-state index contributed by atoms with van der Waals surface area (Å²) in [5, 5.41) is 2.27. The molecule has 0 aromatic rings. The van der Waals surface area contributed by atoms with Crippen LogP contribution in [0.15, 0.2) is 12.5 Å². The second-order valence-electron chi connectivity index (χ2n) is 2.39. The molecule has 0 atom stereocenters. The van der Waals surface area contributed by atoms with E-state index in [-0.39, 0.29) is 25.0 Å². The van der Waals surface area contributed by atoms with Crippen molar-refractivity contribution in [2.24, 2.45) is 5.73 Å². The van der Waals surface area contributed by atoms with Gasteiger partial charge < -0.3 is 20.5 Å². The summed E-state index contributed by atoms with van der Waals surface area (Å²) in [6, 6.07) is 0. The summed E-state index contributed by atoms with van der Waals surface area (Å²) in [6.45, 7) is 4.95. The smallest absolute Gasteiger partial charge is 0.333 e. The third kappa shape index (κ3) is 7.11. The van der Waals surface area contributed by atoms with Crippen molar-refractivity contribution in [1.29, 1.82) is 0 Å². The van der Waals surface area contributed by atoms with Gasteiger partial charge in [-0.05, 0) is 6.58 Å². The molecule has 0 spiro atoms. The Bertz CT molecular complexity index is 227. The lowest BCUT2D eigenvalue weighted by Crippen LogP contribution is -2.28. The normalized spacial score (nSPS) is 9.00. The van der Waals surface area contributed by atoms with Crippen molar-refractivity contribution in [3.05, 3.63) is 12.5 Å². The molecule has 0 rings (SSSR count). The van der Waals surface area contributed by atoms with E-state index < -0.39 is 5.97 Å². The highest BCUT2D eigenvalue weighted by Gasteiger charge is 2.06. The van der Waals surface area contributed by atoms with Crippen LogP contribution in [0.4, 0.5) is 0 Å². The minimum absolute atomic E-state index is 0.120. The molecule has 0 bridgehead atoms. The zero-order valence-corrected chi connectivity index (χ0v) is 8.04. The number of hydrogen-bond donors (Lipinski definition) is 2. The van der Waals surface area contributed by atoms with Crippen LogP contribution in [0.2, 0.25) is 0 Å². The molecule has 1 amide bonds. The largest absolute Gasteiger partial charge is 0.464 e. The van der Waals surface area contributed by atoms with Crippen LogP contribution in [0.5, 0.6) is 0 Å². The number of ether oxygens (including phenoxy) is 2. The molecule has 0 saturated heterocycles. The van der Waals surface area contributed by atoms with Gasteiger partial charge in [0, 0.05) is 13.5 Å². The number of amides is 1. The SMILES string of the molecule is C=C(OCCN)OC(=O)CNC(C)=O. The van der Waals surface area contributed by atoms with Crippen molar-refractivity contribution in [1.82, 2.24) is 5.32 Å². The standard InChI is InChI=1S/C8H14N2O4/c1-6(11)10-5-8(12)14-7(2)13-4-3-9/h2-5,9H2,1H3,(H,10,11). The Labute approximate surface area is 82.0 Å².